The van der Waals surface area contributed by atoms with E-state index in [-0.39, 0.29) is 17.7 Å². The van der Waals surface area contributed by atoms with Crippen molar-refractivity contribution in [2.45, 2.75) is 32.6 Å². The maximum atomic E-state index is 12.3. The molecule has 1 aliphatic heterocycles. The predicted molar refractivity (Wildman–Crippen MR) is 79.6 cm³/mol. The van der Waals surface area contributed by atoms with Crippen LogP contribution in [0.25, 0.3) is 0 Å². The molecule has 20 heavy (non-hydrogen) atoms. The van der Waals surface area contributed by atoms with E-state index in [1.165, 1.54) is 0 Å². The molecule has 1 amide bonds. The van der Waals surface area contributed by atoms with Crippen LogP contribution in [0.1, 0.15) is 32.6 Å². The zero-order valence-electron chi connectivity index (χ0n) is 12.5. The average molecular weight is 305 g/mol. The van der Waals surface area contributed by atoms with E-state index in [0.29, 0.717) is 19.6 Å². The highest BCUT2D eigenvalue weighted by molar-refractivity contribution is 7.88. The molecule has 2 unspecified atom stereocenters. The Morgan fingerprint density at radius 1 is 1.50 bits per heavy atom. The maximum absolute atomic E-state index is 12.3. The van der Waals surface area contributed by atoms with Crippen molar-refractivity contribution in [3.8, 4) is 0 Å². The first-order valence-corrected chi connectivity index (χ1v) is 9.16. The second-order valence-corrected chi connectivity index (χ2v) is 7.58. The van der Waals surface area contributed by atoms with E-state index >= 15 is 0 Å². The maximum Gasteiger partial charge on any atom is 0.225 e. The van der Waals surface area contributed by atoms with Crippen molar-refractivity contribution >= 4 is 15.9 Å². The van der Waals surface area contributed by atoms with Crippen LogP contribution in [0.2, 0.25) is 0 Å². The Labute approximate surface area is 122 Å². The molecule has 1 saturated heterocycles. The van der Waals surface area contributed by atoms with Crippen LogP contribution in [0.4, 0.5) is 0 Å². The quantitative estimate of drug-likeness (QED) is 0.700. The lowest BCUT2D eigenvalue weighted by Crippen LogP contribution is -2.45. The second kappa shape index (κ2) is 7.95. The summed E-state index contributed by atoms with van der Waals surface area (Å²) in [5.41, 5.74) is 5.47. The molecule has 0 aliphatic carbocycles. The van der Waals surface area contributed by atoms with Gasteiger partial charge in [-0.25, -0.2) is 13.1 Å². The van der Waals surface area contributed by atoms with Gasteiger partial charge in [0, 0.05) is 25.6 Å². The molecular weight excluding hydrogens is 278 g/mol. The molecular formula is C13H27N3O3S. The standard InChI is InChI=1S/C13H27N3O3S/c1-11(5-3-7-14)13(17)16-8-4-6-12(10-16)9-15-20(2,18)19/h11-12,15H,3-10,14H2,1-2H3. The fourth-order valence-corrected chi connectivity index (χ4v) is 3.10. The minimum absolute atomic E-state index is 0.000155. The Morgan fingerprint density at radius 2 is 2.20 bits per heavy atom. The van der Waals surface area contributed by atoms with Crippen molar-refractivity contribution in [1.29, 1.82) is 0 Å². The Bertz CT molecular complexity index is 411. The van der Waals surface area contributed by atoms with Crippen LogP contribution in [-0.2, 0) is 14.8 Å². The summed E-state index contributed by atoms with van der Waals surface area (Å²) >= 11 is 0. The molecule has 0 aromatic carbocycles. The number of sulfonamides is 1. The van der Waals surface area contributed by atoms with Crippen molar-refractivity contribution in [2.24, 2.45) is 17.6 Å². The third kappa shape index (κ3) is 6.19. The summed E-state index contributed by atoms with van der Waals surface area (Å²) in [5.74, 6) is 0.381. The number of rotatable bonds is 7. The molecule has 0 aromatic rings. The van der Waals surface area contributed by atoms with Crippen molar-refractivity contribution in [1.82, 2.24) is 9.62 Å². The highest BCUT2D eigenvalue weighted by Crippen LogP contribution is 2.19. The number of hydrogen-bond acceptors (Lipinski definition) is 4. The van der Waals surface area contributed by atoms with Crippen LogP contribution >= 0.6 is 0 Å². The summed E-state index contributed by atoms with van der Waals surface area (Å²) in [5, 5.41) is 0. The fourth-order valence-electron chi connectivity index (χ4n) is 2.56. The van der Waals surface area contributed by atoms with Gasteiger partial charge < -0.3 is 10.6 Å². The average Bonchev–Trinajstić information content (AvgIpc) is 2.41. The first kappa shape index (κ1) is 17.4. The first-order chi connectivity index (χ1) is 9.33. The number of piperidine rings is 1. The van der Waals surface area contributed by atoms with Crippen LogP contribution in [0.3, 0.4) is 0 Å². The molecule has 1 rings (SSSR count). The van der Waals surface area contributed by atoms with E-state index < -0.39 is 10.0 Å². The first-order valence-electron chi connectivity index (χ1n) is 7.27. The number of carbonyl (C=O) groups is 1. The van der Waals surface area contributed by atoms with E-state index in [1.54, 1.807) is 0 Å². The van der Waals surface area contributed by atoms with Gasteiger partial charge in [0.2, 0.25) is 15.9 Å². The molecule has 0 radical (unpaired) electrons. The van der Waals surface area contributed by atoms with Gasteiger partial charge in [-0.15, -0.1) is 0 Å². The summed E-state index contributed by atoms with van der Waals surface area (Å²) in [6, 6.07) is 0. The van der Waals surface area contributed by atoms with Gasteiger partial charge in [0.1, 0.15) is 0 Å². The van der Waals surface area contributed by atoms with Gasteiger partial charge >= 0.3 is 0 Å². The summed E-state index contributed by atoms with van der Waals surface area (Å²) in [6.07, 6.45) is 4.74. The highest BCUT2D eigenvalue weighted by atomic mass is 32.2. The molecule has 0 spiro atoms. The molecule has 3 N–H and O–H groups in total. The number of hydrogen-bond donors (Lipinski definition) is 2. The van der Waals surface area contributed by atoms with Crippen LogP contribution < -0.4 is 10.5 Å². The highest BCUT2D eigenvalue weighted by Gasteiger charge is 2.26. The summed E-state index contributed by atoms with van der Waals surface area (Å²) in [6.45, 7) is 4.39. The normalized spacial score (nSPS) is 21.8. The monoisotopic (exact) mass is 305 g/mol. The van der Waals surface area contributed by atoms with Gasteiger partial charge in [0.15, 0.2) is 0 Å². The predicted octanol–water partition coefficient (Wildman–Crippen LogP) is 0.149. The molecule has 1 fully saturated rings. The summed E-state index contributed by atoms with van der Waals surface area (Å²) in [4.78, 5) is 14.2. The minimum atomic E-state index is -3.16. The molecule has 1 aliphatic rings. The Hall–Kier alpha value is -0.660. The summed E-state index contributed by atoms with van der Waals surface area (Å²) in [7, 11) is -3.16. The van der Waals surface area contributed by atoms with E-state index in [0.717, 1.165) is 38.5 Å². The number of nitrogens with one attached hydrogen (secondary N) is 1. The largest absolute Gasteiger partial charge is 0.342 e. The van der Waals surface area contributed by atoms with E-state index in [1.807, 2.05) is 11.8 Å². The number of carbonyl (C=O) groups excluding carboxylic acids is 1. The van der Waals surface area contributed by atoms with Crippen molar-refractivity contribution in [3.05, 3.63) is 0 Å². The van der Waals surface area contributed by atoms with Crippen LogP contribution in [0.5, 0.6) is 0 Å². The van der Waals surface area contributed by atoms with Crippen molar-refractivity contribution < 1.29 is 13.2 Å². The zero-order valence-corrected chi connectivity index (χ0v) is 13.3. The zero-order chi connectivity index (χ0) is 15.2. The van der Waals surface area contributed by atoms with Crippen LogP contribution in [0, 0.1) is 11.8 Å². The minimum Gasteiger partial charge on any atom is -0.342 e. The topological polar surface area (TPSA) is 92.5 Å². The number of likely N-dealkylation sites (tertiary alicyclic amines) is 1. The van der Waals surface area contributed by atoms with Crippen molar-refractivity contribution in [3.63, 3.8) is 0 Å². The number of nitrogens with zero attached hydrogens (tertiary/aromatic N) is 1. The van der Waals surface area contributed by atoms with Gasteiger partial charge in [-0.1, -0.05) is 6.92 Å². The van der Waals surface area contributed by atoms with Gasteiger partial charge in [0.25, 0.3) is 0 Å². The molecule has 1 heterocycles. The fraction of sp³-hybridized carbons (Fsp3) is 0.923. The van der Waals surface area contributed by atoms with E-state index in [4.69, 9.17) is 5.73 Å². The lowest BCUT2D eigenvalue weighted by Gasteiger charge is -2.34. The molecule has 118 valence electrons. The summed E-state index contributed by atoms with van der Waals surface area (Å²) < 4.78 is 24.8. The third-order valence-corrected chi connectivity index (χ3v) is 4.42. The SMILES string of the molecule is CC(CCCN)C(=O)N1CCCC(CNS(C)(=O)=O)C1. The van der Waals surface area contributed by atoms with Crippen LogP contribution in [0.15, 0.2) is 0 Å². The number of nitrogens with two attached hydrogens (primary N) is 1. The van der Waals surface area contributed by atoms with Gasteiger partial charge in [-0.2, -0.15) is 0 Å². The smallest absolute Gasteiger partial charge is 0.225 e. The Morgan fingerprint density at radius 3 is 2.80 bits per heavy atom. The van der Waals surface area contributed by atoms with E-state index in [9.17, 15) is 13.2 Å². The third-order valence-electron chi connectivity index (χ3n) is 3.73. The van der Waals surface area contributed by atoms with Crippen molar-refractivity contribution in [2.75, 3.05) is 32.4 Å². The number of amides is 1. The van der Waals surface area contributed by atoms with E-state index in [2.05, 4.69) is 4.72 Å². The lowest BCUT2D eigenvalue weighted by molar-refractivity contribution is -0.137. The molecule has 6 nitrogen and oxygen atoms in total. The van der Waals surface area contributed by atoms with Gasteiger partial charge in [-0.3, -0.25) is 4.79 Å². The van der Waals surface area contributed by atoms with Gasteiger partial charge in [-0.05, 0) is 38.1 Å². The molecule has 0 saturated carbocycles. The van der Waals surface area contributed by atoms with Crippen LogP contribution in [-0.4, -0.2) is 51.7 Å². The lowest BCUT2D eigenvalue weighted by atomic mass is 9.96. The molecule has 0 bridgehead atoms. The Kier molecular flexibility index (Phi) is 6.91. The van der Waals surface area contributed by atoms with Gasteiger partial charge in [0.05, 0.1) is 6.26 Å². The molecule has 0 aromatic heterocycles. The molecule has 2 atom stereocenters. The Balaban J connectivity index is 2.45. The molecule has 7 heteroatoms. The second-order valence-electron chi connectivity index (χ2n) is 5.75.